The SMILES string of the molecule is Cc1nc(C(N)=O)sc1C(=O)NC[C@@H](C)C(=O)N[C@@H]1C(=O)N2CCCN2Cc2ccccc21. The van der Waals surface area contributed by atoms with Gasteiger partial charge in [0.25, 0.3) is 17.7 Å². The number of benzene rings is 1. The Morgan fingerprint density at radius 1 is 1.27 bits per heavy atom. The van der Waals surface area contributed by atoms with Crippen molar-refractivity contribution in [2.75, 3.05) is 19.6 Å². The molecule has 2 aromatic rings. The molecule has 0 saturated carbocycles. The highest BCUT2D eigenvalue weighted by Crippen LogP contribution is 2.29. The Labute approximate surface area is 195 Å². The number of amides is 4. The smallest absolute Gasteiger partial charge is 0.277 e. The molecule has 0 radical (unpaired) electrons. The molecule has 0 aliphatic carbocycles. The van der Waals surface area contributed by atoms with Crippen LogP contribution in [-0.4, -0.2) is 58.3 Å². The maximum absolute atomic E-state index is 13.3. The minimum Gasteiger partial charge on any atom is -0.364 e. The van der Waals surface area contributed by atoms with Crippen molar-refractivity contribution in [3.63, 3.8) is 0 Å². The summed E-state index contributed by atoms with van der Waals surface area (Å²) in [5.41, 5.74) is 7.43. The number of carbonyl (C=O) groups excluding carboxylic acids is 4. The number of carbonyl (C=O) groups is 4. The first kappa shape index (κ1) is 22.9. The molecule has 3 heterocycles. The van der Waals surface area contributed by atoms with Gasteiger partial charge in [-0.1, -0.05) is 31.2 Å². The Balaban J connectivity index is 1.43. The van der Waals surface area contributed by atoms with E-state index in [1.54, 1.807) is 18.9 Å². The fraction of sp³-hybridized carbons (Fsp3) is 0.409. The summed E-state index contributed by atoms with van der Waals surface area (Å²) in [4.78, 5) is 54.3. The first-order chi connectivity index (χ1) is 15.8. The van der Waals surface area contributed by atoms with Gasteiger partial charge in [0, 0.05) is 26.2 Å². The lowest BCUT2D eigenvalue weighted by Gasteiger charge is -2.28. The number of thiazole rings is 1. The van der Waals surface area contributed by atoms with Crippen LogP contribution in [0.2, 0.25) is 0 Å². The number of nitrogens with two attached hydrogens (primary N) is 1. The molecular weight excluding hydrogens is 444 g/mol. The summed E-state index contributed by atoms with van der Waals surface area (Å²) in [5.74, 6) is -2.20. The van der Waals surface area contributed by atoms with Gasteiger partial charge in [-0.2, -0.15) is 0 Å². The molecule has 33 heavy (non-hydrogen) atoms. The predicted molar refractivity (Wildman–Crippen MR) is 121 cm³/mol. The highest BCUT2D eigenvalue weighted by atomic mass is 32.1. The lowest BCUT2D eigenvalue weighted by Crippen LogP contribution is -2.47. The molecule has 2 aliphatic heterocycles. The maximum atomic E-state index is 13.3. The molecule has 2 atom stereocenters. The van der Waals surface area contributed by atoms with Crippen LogP contribution in [-0.2, 0) is 16.1 Å². The molecule has 0 spiro atoms. The van der Waals surface area contributed by atoms with Gasteiger partial charge in [0.15, 0.2) is 5.01 Å². The third-order valence-corrected chi connectivity index (χ3v) is 7.04. The summed E-state index contributed by atoms with van der Waals surface area (Å²) in [6.45, 7) is 5.42. The number of nitrogens with one attached hydrogen (secondary N) is 2. The summed E-state index contributed by atoms with van der Waals surface area (Å²) in [6, 6.07) is 6.86. The van der Waals surface area contributed by atoms with Crippen LogP contribution in [0.1, 0.15) is 55.7 Å². The van der Waals surface area contributed by atoms with Crippen molar-refractivity contribution in [1.82, 2.24) is 25.6 Å². The van der Waals surface area contributed by atoms with E-state index in [-0.39, 0.29) is 28.2 Å². The largest absolute Gasteiger partial charge is 0.364 e. The first-order valence-electron chi connectivity index (χ1n) is 10.8. The molecule has 10 nitrogen and oxygen atoms in total. The van der Waals surface area contributed by atoms with Crippen molar-refractivity contribution in [2.24, 2.45) is 11.7 Å². The van der Waals surface area contributed by atoms with Crippen LogP contribution in [0, 0.1) is 12.8 Å². The van der Waals surface area contributed by atoms with Crippen molar-refractivity contribution in [1.29, 1.82) is 0 Å². The van der Waals surface area contributed by atoms with Crippen LogP contribution in [0.5, 0.6) is 0 Å². The van der Waals surface area contributed by atoms with Crippen LogP contribution < -0.4 is 16.4 Å². The Kier molecular flexibility index (Phi) is 6.43. The fourth-order valence-corrected chi connectivity index (χ4v) is 4.91. The monoisotopic (exact) mass is 470 g/mol. The third-order valence-electron chi connectivity index (χ3n) is 5.86. The van der Waals surface area contributed by atoms with E-state index in [2.05, 4.69) is 15.6 Å². The Morgan fingerprint density at radius 2 is 2.03 bits per heavy atom. The Hall–Kier alpha value is -3.31. The number of aryl methyl sites for hydroxylation is 1. The molecule has 2 aliphatic rings. The highest BCUT2D eigenvalue weighted by Gasteiger charge is 2.38. The molecular formula is C22H26N6O4S. The van der Waals surface area contributed by atoms with Gasteiger partial charge >= 0.3 is 0 Å². The van der Waals surface area contributed by atoms with Crippen LogP contribution in [0.25, 0.3) is 0 Å². The molecule has 1 aromatic carbocycles. The average molecular weight is 471 g/mol. The van der Waals surface area contributed by atoms with E-state index in [1.165, 1.54) is 0 Å². The Morgan fingerprint density at radius 3 is 2.76 bits per heavy atom. The number of aromatic nitrogens is 1. The van der Waals surface area contributed by atoms with Crippen molar-refractivity contribution in [2.45, 2.75) is 32.9 Å². The highest BCUT2D eigenvalue weighted by molar-refractivity contribution is 7.15. The van der Waals surface area contributed by atoms with Crippen LogP contribution in [0.15, 0.2) is 24.3 Å². The van der Waals surface area contributed by atoms with Gasteiger partial charge in [-0.3, -0.25) is 24.2 Å². The van der Waals surface area contributed by atoms with Crippen molar-refractivity contribution < 1.29 is 19.2 Å². The molecule has 1 saturated heterocycles. The van der Waals surface area contributed by atoms with E-state index in [0.717, 1.165) is 35.4 Å². The van der Waals surface area contributed by atoms with Gasteiger partial charge in [0.1, 0.15) is 10.9 Å². The lowest BCUT2D eigenvalue weighted by molar-refractivity contribution is -0.148. The van der Waals surface area contributed by atoms with E-state index >= 15 is 0 Å². The molecule has 1 aromatic heterocycles. The standard InChI is InChI=1S/C22H26N6O4S/c1-12(10-24-20(31)17-13(2)25-21(33-17)18(23)29)19(30)26-16-15-7-4-3-6-14(15)11-27-8-5-9-28(27)22(16)32/h3-4,6-7,12,16H,5,8-11H2,1-2H3,(H2,23,29)(H,24,31)(H,26,30)/t12-,16+/m1/s1. The zero-order valence-electron chi connectivity index (χ0n) is 18.5. The van der Waals surface area contributed by atoms with Gasteiger partial charge in [0.2, 0.25) is 5.91 Å². The molecule has 4 N–H and O–H groups in total. The van der Waals surface area contributed by atoms with E-state index in [1.807, 2.05) is 29.3 Å². The van der Waals surface area contributed by atoms with E-state index in [4.69, 9.17) is 5.73 Å². The van der Waals surface area contributed by atoms with Gasteiger partial charge in [-0.05, 0) is 24.5 Å². The molecule has 174 valence electrons. The van der Waals surface area contributed by atoms with Crippen molar-refractivity contribution >= 4 is 35.0 Å². The molecule has 0 unspecified atom stereocenters. The van der Waals surface area contributed by atoms with E-state index in [0.29, 0.717) is 18.8 Å². The summed E-state index contributed by atoms with van der Waals surface area (Å²) in [5, 5.41) is 9.40. The third kappa shape index (κ3) is 4.60. The zero-order valence-corrected chi connectivity index (χ0v) is 19.3. The average Bonchev–Trinajstić information content (AvgIpc) is 3.39. The number of primary amides is 1. The number of rotatable bonds is 6. The molecule has 0 bridgehead atoms. The first-order valence-corrected chi connectivity index (χ1v) is 11.6. The van der Waals surface area contributed by atoms with Gasteiger partial charge in [-0.25, -0.2) is 9.99 Å². The number of nitrogens with zero attached hydrogens (tertiary/aromatic N) is 3. The van der Waals surface area contributed by atoms with Crippen LogP contribution >= 0.6 is 11.3 Å². The quantitative estimate of drug-likeness (QED) is 0.569. The number of hydrogen-bond acceptors (Lipinski definition) is 7. The van der Waals surface area contributed by atoms with Crippen molar-refractivity contribution in [3.05, 3.63) is 51.0 Å². The maximum Gasteiger partial charge on any atom is 0.277 e. The normalized spacial score (nSPS) is 18.8. The van der Waals surface area contributed by atoms with Crippen molar-refractivity contribution in [3.8, 4) is 0 Å². The summed E-state index contributed by atoms with van der Waals surface area (Å²) >= 11 is 0.915. The number of fused-ring (bicyclic) bond motifs is 2. The fourth-order valence-electron chi connectivity index (χ4n) is 4.07. The summed E-state index contributed by atoms with van der Waals surface area (Å²) < 4.78 is 0. The Bertz CT molecular complexity index is 1120. The van der Waals surface area contributed by atoms with E-state index in [9.17, 15) is 19.2 Å². The minimum atomic E-state index is -0.781. The minimum absolute atomic E-state index is 0.0601. The zero-order chi connectivity index (χ0) is 23.7. The van der Waals surface area contributed by atoms with Crippen LogP contribution in [0.3, 0.4) is 0 Å². The molecule has 1 fully saturated rings. The number of hydrazine groups is 1. The molecule has 4 rings (SSSR count). The van der Waals surface area contributed by atoms with E-state index < -0.39 is 23.8 Å². The van der Waals surface area contributed by atoms with Gasteiger partial charge < -0.3 is 16.4 Å². The lowest BCUT2D eigenvalue weighted by atomic mass is 9.99. The second-order valence-electron chi connectivity index (χ2n) is 8.25. The van der Waals surface area contributed by atoms with Gasteiger partial charge in [-0.15, -0.1) is 11.3 Å². The number of hydrogen-bond donors (Lipinski definition) is 3. The summed E-state index contributed by atoms with van der Waals surface area (Å²) in [7, 11) is 0. The van der Waals surface area contributed by atoms with Crippen LogP contribution in [0.4, 0.5) is 0 Å². The second-order valence-corrected chi connectivity index (χ2v) is 9.25. The predicted octanol–water partition coefficient (Wildman–Crippen LogP) is 0.737. The summed E-state index contributed by atoms with van der Waals surface area (Å²) in [6.07, 6.45) is 0.894. The van der Waals surface area contributed by atoms with Gasteiger partial charge in [0.05, 0.1) is 11.6 Å². The topological polar surface area (TPSA) is 138 Å². The molecule has 11 heteroatoms. The molecule has 4 amide bonds. The second kappa shape index (κ2) is 9.28.